The number of hydrogen-bond acceptors (Lipinski definition) is 3. The van der Waals surface area contributed by atoms with Gasteiger partial charge in [-0.3, -0.25) is 9.69 Å². The maximum atomic E-state index is 13.4. The summed E-state index contributed by atoms with van der Waals surface area (Å²) in [5.41, 5.74) is 2.70. The monoisotopic (exact) mass is 313 g/mol. The van der Waals surface area contributed by atoms with Gasteiger partial charge in [0, 0.05) is 5.92 Å². The van der Waals surface area contributed by atoms with Gasteiger partial charge in [-0.05, 0) is 49.7 Å². The zero-order valence-corrected chi connectivity index (χ0v) is 13.8. The Labute approximate surface area is 136 Å². The number of aliphatic hydroxyl groups excluding tert-OH is 1. The number of para-hydroxylation sites is 1. The number of fused-ring (bicyclic) bond motifs is 2. The molecule has 2 aliphatic carbocycles. The van der Waals surface area contributed by atoms with E-state index in [4.69, 9.17) is 4.74 Å². The van der Waals surface area contributed by atoms with Crippen LogP contribution in [0.25, 0.3) is 0 Å². The van der Waals surface area contributed by atoms with Crippen molar-refractivity contribution >= 4 is 11.6 Å². The first-order valence-electron chi connectivity index (χ1n) is 8.77. The molecule has 23 heavy (non-hydrogen) atoms. The number of aryl methyl sites for hydroxylation is 2. The first-order valence-corrected chi connectivity index (χ1v) is 8.77. The highest BCUT2D eigenvalue weighted by Crippen LogP contribution is 2.68. The largest absolute Gasteiger partial charge is 0.390 e. The molecule has 4 aliphatic rings. The van der Waals surface area contributed by atoms with Crippen molar-refractivity contribution in [2.45, 2.75) is 51.5 Å². The van der Waals surface area contributed by atoms with Gasteiger partial charge in [0.1, 0.15) is 0 Å². The summed E-state index contributed by atoms with van der Waals surface area (Å²) in [6.45, 7) is 6.24. The molecular weight excluding hydrogens is 290 g/mol. The van der Waals surface area contributed by atoms with E-state index in [0.717, 1.165) is 29.7 Å². The minimum atomic E-state index is -0.555. The molecule has 1 amide bonds. The number of nitrogens with zero attached hydrogens (tertiary/aromatic N) is 1. The lowest BCUT2D eigenvalue weighted by molar-refractivity contribution is -0.133. The van der Waals surface area contributed by atoms with Crippen LogP contribution < -0.4 is 4.90 Å². The number of ether oxygens (including phenoxy) is 1. The van der Waals surface area contributed by atoms with Gasteiger partial charge in [0.2, 0.25) is 5.91 Å². The highest BCUT2D eigenvalue weighted by molar-refractivity contribution is 6.01. The molecule has 1 N–H and O–H groups in total. The van der Waals surface area contributed by atoms with Gasteiger partial charge in [0.25, 0.3) is 0 Å². The zero-order valence-electron chi connectivity index (χ0n) is 13.8. The fourth-order valence-corrected chi connectivity index (χ4v) is 6.22. The van der Waals surface area contributed by atoms with Crippen LogP contribution in [0.5, 0.6) is 0 Å². The molecule has 7 atom stereocenters. The van der Waals surface area contributed by atoms with E-state index in [2.05, 4.69) is 32.9 Å². The Bertz CT molecular complexity index is 696. The Hall–Kier alpha value is -1.39. The molecule has 0 unspecified atom stereocenters. The van der Waals surface area contributed by atoms with Crippen LogP contribution in [-0.2, 0) is 9.53 Å². The lowest BCUT2D eigenvalue weighted by Gasteiger charge is -2.39. The second-order valence-corrected chi connectivity index (χ2v) is 7.80. The van der Waals surface area contributed by atoms with Crippen LogP contribution >= 0.6 is 0 Å². The topological polar surface area (TPSA) is 49.8 Å². The fraction of sp³-hybridized carbons (Fsp3) is 0.632. The molecule has 4 fully saturated rings. The van der Waals surface area contributed by atoms with Crippen molar-refractivity contribution in [1.29, 1.82) is 0 Å². The van der Waals surface area contributed by atoms with Gasteiger partial charge < -0.3 is 9.84 Å². The molecule has 2 bridgehead atoms. The molecule has 1 aromatic rings. The molecule has 0 radical (unpaired) electrons. The Kier molecular flexibility index (Phi) is 2.54. The molecule has 1 aromatic carbocycles. The van der Waals surface area contributed by atoms with Gasteiger partial charge in [-0.15, -0.1) is 0 Å². The summed E-state index contributed by atoms with van der Waals surface area (Å²) < 4.78 is 6.48. The van der Waals surface area contributed by atoms with Gasteiger partial charge >= 0.3 is 0 Å². The minimum Gasteiger partial charge on any atom is -0.390 e. The number of carbonyl (C=O) groups excluding carboxylic acids is 1. The second kappa shape index (κ2) is 4.17. The predicted octanol–water partition coefficient (Wildman–Crippen LogP) is 2.40. The Balaban J connectivity index is 1.72. The van der Waals surface area contributed by atoms with Crippen molar-refractivity contribution in [2.75, 3.05) is 4.90 Å². The van der Waals surface area contributed by atoms with Gasteiger partial charge in [0.05, 0.1) is 23.8 Å². The summed E-state index contributed by atoms with van der Waals surface area (Å²) in [5, 5.41) is 10.5. The van der Waals surface area contributed by atoms with Crippen molar-refractivity contribution < 1.29 is 14.6 Å². The van der Waals surface area contributed by atoms with E-state index >= 15 is 0 Å². The van der Waals surface area contributed by atoms with E-state index in [-0.39, 0.29) is 29.8 Å². The average Bonchev–Trinajstić information content (AvgIpc) is 3.17. The van der Waals surface area contributed by atoms with E-state index in [1.165, 1.54) is 0 Å². The van der Waals surface area contributed by atoms with Crippen LogP contribution in [0, 0.1) is 37.5 Å². The quantitative estimate of drug-likeness (QED) is 0.912. The lowest BCUT2D eigenvalue weighted by atomic mass is 9.76. The summed E-state index contributed by atoms with van der Waals surface area (Å²) in [6, 6.07) is 6.16. The molecular formula is C19H23NO3. The molecule has 0 aromatic heterocycles. The summed E-state index contributed by atoms with van der Waals surface area (Å²) in [5.74, 6) is 0.785. The molecule has 2 saturated heterocycles. The number of carbonyl (C=O) groups is 1. The molecule has 122 valence electrons. The Morgan fingerprint density at radius 3 is 2.65 bits per heavy atom. The van der Waals surface area contributed by atoms with E-state index in [9.17, 15) is 9.90 Å². The second-order valence-electron chi connectivity index (χ2n) is 7.80. The maximum Gasteiger partial charge on any atom is 0.233 e. The van der Waals surface area contributed by atoms with E-state index in [1.807, 2.05) is 11.0 Å². The van der Waals surface area contributed by atoms with Gasteiger partial charge in [-0.1, -0.05) is 25.1 Å². The van der Waals surface area contributed by atoms with Crippen LogP contribution in [0.1, 0.15) is 30.9 Å². The van der Waals surface area contributed by atoms with Crippen molar-refractivity contribution in [2.24, 2.45) is 23.7 Å². The molecule has 4 heteroatoms. The van der Waals surface area contributed by atoms with Crippen LogP contribution in [0.4, 0.5) is 5.69 Å². The molecule has 5 rings (SSSR count). The third-order valence-electron chi connectivity index (χ3n) is 6.97. The first kappa shape index (κ1) is 14.0. The summed E-state index contributed by atoms with van der Waals surface area (Å²) in [6.07, 6.45) is 1.19. The molecule has 2 saturated carbocycles. The normalized spacial score (nSPS) is 46.3. The summed E-state index contributed by atoms with van der Waals surface area (Å²) >= 11 is 0. The van der Waals surface area contributed by atoms with Gasteiger partial charge in [-0.2, -0.15) is 0 Å². The van der Waals surface area contributed by atoms with E-state index in [1.54, 1.807) is 0 Å². The van der Waals surface area contributed by atoms with Gasteiger partial charge in [0.15, 0.2) is 5.72 Å². The van der Waals surface area contributed by atoms with Crippen LogP contribution in [0.2, 0.25) is 0 Å². The number of benzene rings is 1. The summed E-state index contributed by atoms with van der Waals surface area (Å²) in [4.78, 5) is 15.3. The van der Waals surface area contributed by atoms with Crippen molar-refractivity contribution in [3.8, 4) is 0 Å². The molecule has 0 spiro atoms. The fourth-order valence-electron chi connectivity index (χ4n) is 6.22. The zero-order chi connectivity index (χ0) is 16.1. The maximum absolute atomic E-state index is 13.4. The number of anilines is 1. The number of rotatable bonds is 2. The third-order valence-corrected chi connectivity index (χ3v) is 6.97. The highest BCUT2D eigenvalue weighted by atomic mass is 16.6. The van der Waals surface area contributed by atoms with E-state index < -0.39 is 11.8 Å². The third kappa shape index (κ3) is 1.35. The molecule has 2 heterocycles. The predicted molar refractivity (Wildman–Crippen MR) is 85.9 cm³/mol. The SMILES string of the molecule is CC[C@]12O[C@@H]3[C@H](O)[C@H]4C[C@H]3[C@H]1[C@@H]4C(=O)N2c1c(C)cccc1C. The van der Waals surface area contributed by atoms with E-state index in [0.29, 0.717) is 5.92 Å². The number of hydrogen-bond donors (Lipinski definition) is 1. The van der Waals surface area contributed by atoms with Crippen molar-refractivity contribution in [1.82, 2.24) is 0 Å². The smallest absolute Gasteiger partial charge is 0.233 e. The minimum absolute atomic E-state index is 0.0623. The van der Waals surface area contributed by atoms with Crippen molar-refractivity contribution in [3.05, 3.63) is 29.3 Å². The first-order chi connectivity index (χ1) is 11.0. The van der Waals surface area contributed by atoms with Crippen LogP contribution in [0.15, 0.2) is 18.2 Å². The Morgan fingerprint density at radius 1 is 1.30 bits per heavy atom. The van der Waals surface area contributed by atoms with Crippen LogP contribution in [-0.4, -0.2) is 28.9 Å². The standard InChI is InChI=1S/C19H23NO3/c1-4-19-14-12-8-11(16(21)17(12)23-19)13(14)18(22)20(19)15-9(2)6-5-7-10(15)3/h5-7,11-14,16-17,21H,4,8H2,1-3H3/t11-,12-,13+,14-,16+,17-,19-/m0/s1. The number of aliphatic hydroxyl groups is 1. The Morgan fingerprint density at radius 2 is 2.00 bits per heavy atom. The average molecular weight is 313 g/mol. The highest BCUT2D eigenvalue weighted by Gasteiger charge is 2.78. The molecule has 2 aliphatic heterocycles. The number of amides is 1. The molecule has 4 nitrogen and oxygen atoms in total. The summed E-state index contributed by atoms with van der Waals surface area (Å²) in [7, 11) is 0. The lowest BCUT2D eigenvalue weighted by Crippen LogP contribution is -2.51. The van der Waals surface area contributed by atoms with Crippen molar-refractivity contribution in [3.63, 3.8) is 0 Å². The van der Waals surface area contributed by atoms with Crippen LogP contribution in [0.3, 0.4) is 0 Å². The van der Waals surface area contributed by atoms with Gasteiger partial charge in [-0.25, -0.2) is 0 Å².